The summed E-state index contributed by atoms with van der Waals surface area (Å²) in [4.78, 5) is 2.72. The second-order valence-corrected chi connectivity index (χ2v) is 7.09. The SMILES string of the molecule is CCc1cc(CN2CC(C)NCC2(C)C2CC2)n(CC)n1. The zero-order chi connectivity index (χ0) is 15.0. The van der Waals surface area contributed by atoms with Gasteiger partial charge in [-0.25, -0.2) is 0 Å². The molecule has 1 saturated carbocycles. The summed E-state index contributed by atoms with van der Waals surface area (Å²) in [5, 5.41) is 8.40. The Morgan fingerprint density at radius 2 is 2.14 bits per heavy atom. The van der Waals surface area contributed by atoms with Gasteiger partial charge in [0.05, 0.1) is 11.4 Å². The van der Waals surface area contributed by atoms with Crippen molar-refractivity contribution < 1.29 is 0 Å². The molecule has 0 amide bonds. The Kier molecular flexibility index (Phi) is 4.10. The molecule has 1 N–H and O–H groups in total. The average Bonchev–Trinajstić information content (AvgIpc) is 3.25. The number of hydrogen-bond donors (Lipinski definition) is 1. The lowest BCUT2D eigenvalue weighted by atomic mass is 9.89. The minimum atomic E-state index is 0.321. The maximum absolute atomic E-state index is 4.71. The molecule has 0 radical (unpaired) electrons. The van der Waals surface area contributed by atoms with Crippen molar-refractivity contribution in [2.45, 2.75) is 71.6 Å². The maximum Gasteiger partial charge on any atom is 0.0625 e. The van der Waals surface area contributed by atoms with Crippen molar-refractivity contribution in [2.24, 2.45) is 5.92 Å². The number of aryl methyl sites for hydroxylation is 2. The fraction of sp³-hybridized carbons (Fsp3) is 0.824. The molecule has 4 nitrogen and oxygen atoms in total. The third-order valence-electron chi connectivity index (χ3n) is 5.41. The van der Waals surface area contributed by atoms with Gasteiger partial charge in [-0.1, -0.05) is 6.92 Å². The summed E-state index contributed by atoms with van der Waals surface area (Å²) in [6, 6.07) is 2.89. The van der Waals surface area contributed by atoms with Crippen LogP contribution in [0.4, 0.5) is 0 Å². The first-order chi connectivity index (χ1) is 10.1. The topological polar surface area (TPSA) is 33.1 Å². The van der Waals surface area contributed by atoms with Crippen LogP contribution in [0.5, 0.6) is 0 Å². The van der Waals surface area contributed by atoms with Gasteiger partial charge in [0.15, 0.2) is 0 Å². The highest BCUT2D eigenvalue weighted by Crippen LogP contribution is 2.44. The van der Waals surface area contributed by atoms with E-state index >= 15 is 0 Å². The van der Waals surface area contributed by atoms with Gasteiger partial charge in [-0.15, -0.1) is 0 Å². The van der Waals surface area contributed by atoms with E-state index in [0.717, 1.165) is 38.5 Å². The normalized spacial score (nSPS) is 30.8. The first-order valence-electron chi connectivity index (χ1n) is 8.60. The van der Waals surface area contributed by atoms with Gasteiger partial charge in [0.2, 0.25) is 0 Å². The molecular weight excluding hydrogens is 260 g/mol. The highest BCUT2D eigenvalue weighted by molar-refractivity contribution is 5.13. The maximum atomic E-state index is 4.71. The molecule has 0 bridgehead atoms. The summed E-state index contributed by atoms with van der Waals surface area (Å²) >= 11 is 0. The van der Waals surface area contributed by atoms with E-state index in [4.69, 9.17) is 5.10 Å². The summed E-state index contributed by atoms with van der Waals surface area (Å²) in [6.45, 7) is 13.4. The van der Waals surface area contributed by atoms with E-state index in [1.165, 1.54) is 24.2 Å². The van der Waals surface area contributed by atoms with Gasteiger partial charge >= 0.3 is 0 Å². The third kappa shape index (κ3) is 2.88. The monoisotopic (exact) mass is 290 g/mol. The molecule has 0 spiro atoms. The van der Waals surface area contributed by atoms with Crippen molar-refractivity contribution >= 4 is 0 Å². The predicted octanol–water partition coefficient (Wildman–Crippen LogP) is 2.43. The highest BCUT2D eigenvalue weighted by atomic mass is 15.3. The average molecular weight is 290 g/mol. The second kappa shape index (κ2) is 5.73. The van der Waals surface area contributed by atoms with Gasteiger partial charge in [-0.05, 0) is 52.0 Å². The fourth-order valence-corrected chi connectivity index (χ4v) is 3.73. The molecule has 1 aliphatic carbocycles. The van der Waals surface area contributed by atoms with Crippen molar-refractivity contribution in [1.29, 1.82) is 0 Å². The van der Waals surface area contributed by atoms with Gasteiger partial charge in [-0.2, -0.15) is 5.10 Å². The largest absolute Gasteiger partial charge is 0.311 e. The molecule has 2 heterocycles. The minimum absolute atomic E-state index is 0.321. The van der Waals surface area contributed by atoms with Crippen LogP contribution in [-0.4, -0.2) is 39.4 Å². The van der Waals surface area contributed by atoms with E-state index in [-0.39, 0.29) is 0 Å². The molecule has 1 aliphatic heterocycles. The van der Waals surface area contributed by atoms with Crippen LogP contribution in [0.15, 0.2) is 6.07 Å². The second-order valence-electron chi connectivity index (χ2n) is 7.09. The van der Waals surface area contributed by atoms with E-state index in [0.29, 0.717) is 11.6 Å². The molecule has 2 unspecified atom stereocenters. The van der Waals surface area contributed by atoms with Gasteiger partial charge in [0.25, 0.3) is 0 Å². The van der Waals surface area contributed by atoms with Crippen LogP contribution in [0.3, 0.4) is 0 Å². The Hall–Kier alpha value is -0.870. The smallest absolute Gasteiger partial charge is 0.0625 e. The Bertz CT molecular complexity index is 491. The van der Waals surface area contributed by atoms with Crippen LogP contribution in [0, 0.1) is 5.92 Å². The van der Waals surface area contributed by atoms with E-state index in [1.807, 2.05) is 0 Å². The molecule has 1 aromatic rings. The van der Waals surface area contributed by atoms with Gasteiger partial charge in [0.1, 0.15) is 0 Å². The molecule has 4 heteroatoms. The van der Waals surface area contributed by atoms with Crippen LogP contribution in [0.1, 0.15) is 51.9 Å². The first-order valence-corrected chi connectivity index (χ1v) is 8.60. The number of piperazine rings is 1. The summed E-state index contributed by atoms with van der Waals surface area (Å²) in [6.07, 6.45) is 3.82. The molecule has 1 saturated heterocycles. The molecule has 3 rings (SSSR count). The summed E-state index contributed by atoms with van der Waals surface area (Å²) in [5.41, 5.74) is 2.93. The quantitative estimate of drug-likeness (QED) is 0.904. The molecule has 2 atom stereocenters. The molecule has 1 aromatic heterocycles. The van der Waals surface area contributed by atoms with Crippen molar-refractivity contribution in [3.05, 3.63) is 17.5 Å². The van der Waals surface area contributed by atoms with Crippen molar-refractivity contribution in [1.82, 2.24) is 20.0 Å². The fourth-order valence-electron chi connectivity index (χ4n) is 3.73. The van der Waals surface area contributed by atoms with E-state index < -0.39 is 0 Å². The van der Waals surface area contributed by atoms with Crippen molar-refractivity contribution in [3.63, 3.8) is 0 Å². The number of rotatable bonds is 5. The van der Waals surface area contributed by atoms with Crippen molar-refractivity contribution in [3.8, 4) is 0 Å². The number of hydrogen-bond acceptors (Lipinski definition) is 3. The standard InChI is InChI=1S/C17H30N4/c1-5-15-9-16(21(6-2)19-15)11-20-10-13(3)18-12-17(20,4)14-7-8-14/h9,13-14,18H,5-8,10-12H2,1-4H3. The Labute approximate surface area is 128 Å². The van der Waals surface area contributed by atoms with E-state index in [2.05, 4.69) is 48.7 Å². The molecule has 21 heavy (non-hydrogen) atoms. The summed E-state index contributed by atoms with van der Waals surface area (Å²) in [5.74, 6) is 0.876. The summed E-state index contributed by atoms with van der Waals surface area (Å²) < 4.78 is 2.19. The molecule has 0 aromatic carbocycles. The molecular formula is C17H30N4. The first kappa shape index (κ1) is 15.0. The minimum Gasteiger partial charge on any atom is -0.311 e. The van der Waals surface area contributed by atoms with Gasteiger partial charge in [-0.3, -0.25) is 9.58 Å². The van der Waals surface area contributed by atoms with Crippen LogP contribution >= 0.6 is 0 Å². The predicted molar refractivity (Wildman–Crippen MR) is 86.3 cm³/mol. The molecule has 118 valence electrons. The van der Waals surface area contributed by atoms with Crippen LogP contribution in [0.25, 0.3) is 0 Å². The number of nitrogens with zero attached hydrogens (tertiary/aromatic N) is 3. The highest BCUT2D eigenvalue weighted by Gasteiger charge is 2.47. The zero-order valence-corrected chi connectivity index (χ0v) is 14.0. The third-order valence-corrected chi connectivity index (χ3v) is 5.41. The number of nitrogens with one attached hydrogen (secondary N) is 1. The lowest BCUT2D eigenvalue weighted by molar-refractivity contribution is 0.0290. The number of aromatic nitrogens is 2. The Balaban J connectivity index is 1.82. The zero-order valence-electron chi connectivity index (χ0n) is 14.0. The van der Waals surface area contributed by atoms with Crippen LogP contribution < -0.4 is 5.32 Å². The Morgan fingerprint density at radius 1 is 1.38 bits per heavy atom. The van der Waals surface area contributed by atoms with Crippen LogP contribution in [0.2, 0.25) is 0 Å². The Morgan fingerprint density at radius 3 is 2.76 bits per heavy atom. The van der Waals surface area contributed by atoms with E-state index in [9.17, 15) is 0 Å². The van der Waals surface area contributed by atoms with Gasteiger partial charge < -0.3 is 5.32 Å². The van der Waals surface area contributed by atoms with Crippen molar-refractivity contribution in [2.75, 3.05) is 13.1 Å². The molecule has 2 fully saturated rings. The van der Waals surface area contributed by atoms with E-state index in [1.54, 1.807) is 0 Å². The molecule has 2 aliphatic rings. The lowest BCUT2D eigenvalue weighted by Crippen LogP contribution is -2.63. The van der Waals surface area contributed by atoms with Gasteiger partial charge in [0, 0.05) is 37.8 Å². The summed E-state index contributed by atoms with van der Waals surface area (Å²) in [7, 11) is 0. The lowest BCUT2D eigenvalue weighted by Gasteiger charge is -2.48. The van der Waals surface area contributed by atoms with Crippen LogP contribution in [-0.2, 0) is 19.5 Å².